The molecular formula is C20H24N2O5. The molecule has 0 saturated heterocycles. The molecule has 7 nitrogen and oxygen atoms in total. The van der Waals surface area contributed by atoms with Crippen LogP contribution >= 0.6 is 0 Å². The Morgan fingerprint density at radius 1 is 1.00 bits per heavy atom. The fourth-order valence-electron chi connectivity index (χ4n) is 2.39. The number of amides is 2. The molecule has 27 heavy (non-hydrogen) atoms. The van der Waals surface area contributed by atoms with Crippen LogP contribution in [0.5, 0.6) is 17.2 Å². The van der Waals surface area contributed by atoms with Gasteiger partial charge in [-0.3, -0.25) is 9.59 Å². The van der Waals surface area contributed by atoms with E-state index in [-0.39, 0.29) is 17.4 Å². The van der Waals surface area contributed by atoms with E-state index in [4.69, 9.17) is 14.2 Å². The summed E-state index contributed by atoms with van der Waals surface area (Å²) < 4.78 is 16.2. The number of carbonyl (C=O) groups excluding carboxylic acids is 2. The number of methoxy groups -OCH3 is 2. The highest BCUT2D eigenvalue weighted by Gasteiger charge is 2.22. The highest BCUT2D eigenvalue weighted by atomic mass is 16.5. The molecule has 0 heterocycles. The summed E-state index contributed by atoms with van der Waals surface area (Å²) in [6.07, 6.45) is -0.761. The van der Waals surface area contributed by atoms with Crippen LogP contribution in [0.2, 0.25) is 0 Å². The van der Waals surface area contributed by atoms with Crippen molar-refractivity contribution in [1.82, 2.24) is 4.90 Å². The van der Waals surface area contributed by atoms with Crippen molar-refractivity contribution in [1.29, 1.82) is 0 Å². The molecule has 1 unspecified atom stereocenters. The molecule has 2 amide bonds. The molecule has 2 aromatic rings. The molecule has 0 aliphatic carbocycles. The zero-order chi connectivity index (χ0) is 20.0. The Labute approximate surface area is 158 Å². The van der Waals surface area contributed by atoms with Gasteiger partial charge in [0.05, 0.1) is 25.5 Å². The fourth-order valence-corrected chi connectivity index (χ4v) is 2.39. The van der Waals surface area contributed by atoms with E-state index >= 15 is 0 Å². The van der Waals surface area contributed by atoms with E-state index in [1.807, 2.05) is 18.2 Å². The number of ether oxygens (including phenoxy) is 3. The van der Waals surface area contributed by atoms with E-state index < -0.39 is 6.10 Å². The normalized spacial score (nSPS) is 11.3. The second-order valence-corrected chi connectivity index (χ2v) is 6.01. The van der Waals surface area contributed by atoms with Gasteiger partial charge in [-0.1, -0.05) is 18.2 Å². The number of rotatable bonds is 7. The number of nitrogens with one attached hydrogen (secondary N) is 1. The predicted molar refractivity (Wildman–Crippen MR) is 103 cm³/mol. The van der Waals surface area contributed by atoms with Crippen LogP contribution in [0.3, 0.4) is 0 Å². The molecule has 1 atom stereocenters. The lowest BCUT2D eigenvalue weighted by Gasteiger charge is -2.19. The summed E-state index contributed by atoms with van der Waals surface area (Å²) in [5.74, 6) is 0.716. The van der Waals surface area contributed by atoms with Crippen molar-refractivity contribution in [3.63, 3.8) is 0 Å². The number of hydrogen-bond acceptors (Lipinski definition) is 5. The standard InChI is InChI=1S/C20H24N2O5/c1-13(27-14-9-7-6-8-10-14)19(23)21-16-12-18(26-5)17(25-4)11-15(16)20(24)22(2)3/h6-13H,1-5H3,(H,21,23). The third-order valence-electron chi connectivity index (χ3n) is 3.84. The van der Waals surface area contributed by atoms with Gasteiger partial charge in [0.15, 0.2) is 17.6 Å². The van der Waals surface area contributed by atoms with Crippen LogP contribution in [-0.2, 0) is 4.79 Å². The monoisotopic (exact) mass is 372 g/mol. The minimum absolute atomic E-state index is 0.275. The molecule has 2 aromatic carbocycles. The summed E-state index contributed by atoms with van der Waals surface area (Å²) in [7, 11) is 6.23. The van der Waals surface area contributed by atoms with Crippen molar-refractivity contribution in [2.24, 2.45) is 0 Å². The zero-order valence-electron chi connectivity index (χ0n) is 16.1. The third-order valence-corrected chi connectivity index (χ3v) is 3.84. The number of nitrogens with zero attached hydrogens (tertiary/aromatic N) is 1. The van der Waals surface area contributed by atoms with Gasteiger partial charge in [-0.05, 0) is 25.1 Å². The molecule has 7 heteroatoms. The van der Waals surface area contributed by atoms with Gasteiger partial charge in [0.2, 0.25) is 0 Å². The van der Waals surface area contributed by atoms with Gasteiger partial charge < -0.3 is 24.4 Å². The largest absolute Gasteiger partial charge is 0.493 e. The molecule has 0 aliphatic heterocycles. The van der Waals surface area contributed by atoms with Crippen LogP contribution in [0.25, 0.3) is 0 Å². The maximum atomic E-state index is 12.6. The summed E-state index contributed by atoms with van der Waals surface area (Å²) in [6.45, 7) is 1.64. The Bertz CT molecular complexity index is 806. The maximum absolute atomic E-state index is 12.6. The zero-order valence-corrected chi connectivity index (χ0v) is 16.1. The Morgan fingerprint density at radius 2 is 1.59 bits per heavy atom. The summed E-state index contributed by atoms with van der Waals surface area (Å²) in [5.41, 5.74) is 0.609. The molecule has 0 spiro atoms. The molecule has 1 N–H and O–H groups in total. The van der Waals surface area contributed by atoms with Crippen LogP contribution < -0.4 is 19.5 Å². The lowest BCUT2D eigenvalue weighted by molar-refractivity contribution is -0.122. The van der Waals surface area contributed by atoms with Gasteiger partial charge in [0, 0.05) is 20.2 Å². The van der Waals surface area contributed by atoms with Crippen molar-refractivity contribution in [2.75, 3.05) is 33.6 Å². The Hall–Kier alpha value is -3.22. The summed E-state index contributed by atoms with van der Waals surface area (Å²) >= 11 is 0. The van der Waals surface area contributed by atoms with Gasteiger partial charge in [0.1, 0.15) is 5.75 Å². The number of hydrogen-bond donors (Lipinski definition) is 1. The second kappa shape index (κ2) is 8.93. The first-order chi connectivity index (χ1) is 12.9. The predicted octanol–water partition coefficient (Wildman–Crippen LogP) is 2.81. The Morgan fingerprint density at radius 3 is 2.15 bits per heavy atom. The van der Waals surface area contributed by atoms with E-state index in [0.29, 0.717) is 22.9 Å². The average Bonchev–Trinajstić information content (AvgIpc) is 2.67. The van der Waals surface area contributed by atoms with E-state index in [1.165, 1.54) is 19.1 Å². The lowest BCUT2D eigenvalue weighted by atomic mass is 10.1. The lowest BCUT2D eigenvalue weighted by Crippen LogP contribution is -2.31. The van der Waals surface area contributed by atoms with Crippen molar-refractivity contribution < 1.29 is 23.8 Å². The maximum Gasteiger partial charge on any atom is 0.265 e. The summed E-state index contributed by atoms with van der Waals surface area (Å²) in [4.78, 5) is 26.5. The molecule has 0 aliphatic rings. The van der Waals surface area contributed by atoms with Gasteiger partial charge in [-0.2, -0.15) is 0 Å². The van der Waals surface area contributed by atoms with Crippen molar-refractivity contribution in [2.45, 2.75) is 13.0 Å². The first-order valence-electron chi connectivity index (χ1n) is 8.37. The number of benzene rings is 2. The SMILES string of the molecule is COc1cc(NC(=O)C(C)Oc2ccccc2)c(C(=O)N(C)C)cc1OC. The molecule has 144 valence electrons. The quantitative estimate of drug-likeness (QED) is 0.809. The molecule has 0 fully saturated rings. The highest BCUT2D eigenvalue weighted by molar-refractivity contribution is 6.05. The molecule has 0 bridgehead atoms. The first kappa shape index (κ1) is 20.1. The van der Waals surface area contributed by atoms with Crippen molar-refractivity contribution in [3.05, 3.63) is 48.0 Å². The van der Waals surface area contributed by atoms with E-state index in [1.54, 1.807) is 45.3 Å². The van der Waals surface area contributed by atoms with Crippen LogP contribution in [-0.4, -0.2) is 51.1 Å². The number of carbonyl (C=O) groups is 2. The van der Waals surface area contributed by atoms with Gasteiger partial charge >= 0.3 is 0 Å². The Kier molecular flexibility index (Phi) is 6.65. The smallest absolute Gasteiger partial charge is 0.265 e. The molecular weight excluding hydrogens is 348 g/mol. The Balaban J connectivity index is 2.29. The van der Waals surface area contributed by atoms with Crippen LogP contribution in [0.15, 0.2) is 42.5 Å². The van der Waals surface area contributed by atoms with Crippen molar-refractivity contribution >= 4 is 17.5 Å². The number of para-hydroxylation sites is 1. The van der Waals surface area contributed by atoms with E-state index in [0.717, 1.165) is 0 Å². The molecule has 0 saturated carbocycles. The average molecular weight is 372 g/mol. The van der Waals surface area contributed by atoms with Crippen LogP contribution in [0, 0.1) is 0 Å². The second-order valence-electron chi connectivity index (χ2n) is 6.01. The van der Waals surface area contributed by atoms with E-state index in [2.05, 4.69) is 5.32 Å². The summed E-state index contributed by atoms with van der Waals surface area (Å²) in [6, 6.07) is 12.1. The minimum Gasteiger partial charge on any atom is -0.493 e. The van der Waals surface area contributed by atoms with Crippen LogP contribution in [0.4, 0.5) is 5.69 Å². The molecule has 0 aromatic heterocycles. The molecule has 0 radical (unpaired) electrons. The third kappa shape index (κ3) is 4.91. The highest BCUT2D eigenvalue weighted by Crippen LogP contribution is 2.34. The van der Waals surface area contributed by atoms with Gasteiger partial charge in [0.25, 0.3) is 11.8 Å². The topological polar surface area (TPSA) is 77.1 Å². The first-order valence-corrected chi connectivity index (χ1v) is 8.37. The summed E-state index contributed by atoms with van der Waals surface area (Å²) in [5, 5.41) is 2.75. The fraction of sp³-hybridized carbons (Fsp3) is 0.300. The van der Waals surface area contributed by atoms with Crippen molar-refractivity contribution in [3.8, 4) is 17.2 Å². The molecule has 2 rings (SSSR count). The van der Waals surface area contributed by atoms with Crippen LogP contribution in [0.1, 0.15) is 17.3 Å². The van der Waals surface area contributed by atoms with Gasteiger partial charge in [-0.25, -0.2) is 0 Å². The van der Waals surface area contributed by atoms with E-state index in [9.17, 15) is 9.59 Å². The minimum atomic E-state index is -0.761. The number of anilines is 1. The van der Waals surface area contributed by atoms with Gasteiger partial charge in [-0.15, -0.1) is 0 Å².